The lowest BCUT2D eigenvalue weighted by Crippen LogP contribution is -2.48. The van der Waals surface area contributed by atoms with Crippen LogP contribution in [0.2, 0.25) is 0 Å². The standard InChI is InChI=1S/C12H17F3N2OS/c1-11(2,3)19(18)17-10(12(13,14)15)8-9-6-4-5-7-16-9/h4-7,10,17H,8H2,1-3H3/t10-,19-/m1/s1. The summed E-state index contributed by atoms with van der Waals surface area (Å²) in [6, 6.07) is 2.89. The second kappa shape index (κ2) is 6.00. The fourth-order valence-electron chi connectivity index (χ4n) is 1.26. The van der Waals surface area contributed by atoms with E-state index in [2.05, 4.69) is 9.71 Å². The second-order valence-corrected chi connectivity index (χ2v) is 7.12. The Morgan fingerprint density at radius 2 is 1.95 bits per heavy atom. The van der Waals surface area contributed by atoms with Crippen LogP contribution in [0.5, 0.6) is 0 Å². The maximum atomic E-state index is 12.9. The summed E-state index contributed by atoms with van der Waals surface area (Å²) in [6.07, 6.45) is -3.38. The maximum Gasteiger partial charge on any atom is 0.405 e. The quantitative estimate of drug-likeness (QED) is 0.927. The molecule has 1 rings (SSSR count). The molecule has 3 nitrogen and oxygen atoms in total. The summed E-state index contributed by atoms with van der Waals surface area (Å²) in [5, 5.41) is 0. The van der Waals surface area contributed by atoms with Crippen molar-refractivity contribution in [3.05, 3.63) is 30.1 Å². The molecule has 0 aliphatic rings. The molecule has 0 saturated heterocycles. The molecule has 0 bridgehead atoms. The Bertz CT molecular complexity index is 429. The molecule has 19 heavy (non-hydrogen) atoms. The monoisotopic (exact) mass is 294 g/mol. The first-order chi connectivity index (χ1) is 8.60. The Morgan fingerprint density at radius 1 is 1.32 bits per heavy atom. The molecule has 0 amide bonds. The fraction of sp³-hybridized carbons (Fsp3) is 0.583. The van der Waals surface area contributed by atoms with Crippen molar-refractivity contribution in [2.45, 2.75) is 44.2 Å². The number of nitrogens with zero attached hydrogens (tertiary/aromatic N) is 1. The van der Waals surface area contributed by atoms with Crippen molar-refractivity contribution >= 4 is 11.0 Å². The van der Waals surface area contributed by atoms with Gasteiger partial charge in [0, 0.05) is 18.3 Å². The van der Waals surface area contributed by atoms with Crippen molar-refractivity contribution < 1.29 is 17.4 Å². The number of hydrogen-bond acceptors (Lipinski definition) is 2. The Morgan fingerprint density at radius 3 is 2.37 bits per heavy atom. The number of hydrogen-bond donors (Lipinski definition) is 1. The molecule has 7 heteroatoms. The van der Waals surface area contributed by atoms with E-state index < -0.39 is 28.0 Å². The van der Waals surface area contributed by atoms with Crippen LogP contribution in [-0.4, -0.2) is 26.2 Å². The highest BCUT2D eigenvalue weighted by atomic mass is 32.2. The molecule has 0 aromatic carbocycles. The van der Waals surface area contributed by atoms with Crippen LogP contribution in [0.15, 0.2) is 24.4 Å². The molecule has 0 aliphatic carbocycles. The van der Waals surface area contributed by atoms with Crippen molar-refractivity contribution in [2.24, 2.45) is 0 Å². The van der Waals surface area contributed by atoms with Gasteiger partial charge in [-0.15, -0.1) is 0 Å². The van der Waals surface area contributed by atoms with Gasteiger partial charge in [0.15, 0.2) is 0 Å². The van der Waals surface area contributed by atoms with E-state index in [9.17, 15) is 17.4 Å². The highest BCUT2D eigenvalue weighted by Gasteiger charge is 2.42. The van der Waals surface area contributed by atoms with Crippen LogP contribution in [-0.2, 0) is 17.4 Å². The molecule has 0 radical (unpaired) electrons. The average molecular weight is 294 g/mol. The number of alkyl halides is 3. The van der Waals surface area contributed by atoms with Gasteiger partial charge in [-0.2, -0.15) is 13.2 Å². The van der Waals surface area contributed by atoms with Crippen molar-refractivity contribution in [3.63, 3.8) is 0 Å². The summed E-state index contributed by atoms with van der Waals surface area (Å²) in [5.74, 6) is 0. The van der Waals surface area contributed by atoms with E-state index in [1.807, 2.05) is 0 Å². The Balaban J connectivity index is 2.83. The minimum atomic E-state index is -4.47. The van der Waals surface area contributed by atoms with Crippen molar-refractivity contribution in [3.8, 4) is 0 Å². The molecule has 0 unspecified atom stereocenters. The van der Waals surface area contributed by atoms with Crippen LogP contribution in [0.1, 0.15) is 26.5 Å². The first kappa shape index (κ1) is 16.1. The van der Waals surface area contributed by atoms with Crippen LogP contribution in [0.25, 0.3) is 0 Å². The normalized spacial score (nSPS) is 16.1. The maximum absolute atomic E-state index is 12.9. The highest BCUT2D eigenvalue weighted by molar-refractivity contribution is 7.84. The molecule has 2 atom stereocenters. The molecular formula is C12H17F3N2OS. The first-order valence-electron chi connectivity index (χ1n) is 5.75. The summed E-state index contributed by atoms with van der Waals surface area (Å²) in [4.78, 5) is 3.86. The SMILES string of the molecule is CC(C)(C)[S@@](=O)N[C@H](Cc1ccccn1)C(F)(F)F. The van der Waals surface area contributed by atoms with Crippen LogP contribution >= 0.6 is 0 Å². The van der Waals surface area contributed by atoms with Gasteiger partial charge < -0.3 is 0 Å². The molecule has 1 N–H and O–H groups in total. The molecule has 1 aromatic heterocycles. The van der Waals surface area contributed by atoms with E-state index in [4.69, 9.17) is 0 Å². The first-order valence-corrected chi connectivity index (χ1v) is 6.90. The molecule has 1 aromatic rings. The molecule has 0 aliphatic heterocycles. The lowest BCUT2D eigenvalue weighted by atomic mass is 10.1. The summed E-state index contributed by atoms with van der Waals surface area (Å²) < 4.78 is 52.0. The lowest BCUT2D eigenvalue weighted by Gasteiger charge is -2.25. The van der Waals surface area contributed by atoms with Crippen LogP contribution in [0.3, 0.4) is 0 Å². The molecule has 108 valence electrons. The van der Waals surface area contributed by atoms with Gasteiger partial charge in [0.05, 0.1) is 15.7 Å². The molecular weight excluding hydrogens is 277 g/mol. The average Bonchev–Trinajstić information content (AvgIpc) is 2.27. The van der Waals surface area contributed by atoms with Crippen molar-refractivity contribution in [1.82, 2.24) is 9.71 Å². The number of halogens is 3. The zero-order valence-corrected chi connectivity index (χ0v) is 11.8. The Labute approximate surface area is 113 Å². The van der Waals surface area contributed by atoms with Gasteiger partial charge in [-0.3, -0.25) is 4.98 Å². The van der Waals surface area contributed by atoms with Crippen molar-refractivity contribution in [1.29, 1.82) is 0 Å². The van der Waals surface area contributed by atoms with Gasteiger partial charge in [-0.25, -0.2) is 8.93 Å². The van der Waals surface area contributed by atoms with Crippen molar-refractivity contribution in [2.75, 3.05) is 0 Å². The van der Waals surface area contributed by atoms with Crippen LogP contribution in [0.4, 0.5) is 13.2 Å². The van der Waals surface area contributed by atoms with Gasteiger partial charge in [0.1, 0.15) is 6.04 Å². The third-order valence-electron chi connectivity index (χ3n) is 2.34. The third kappa shape index (κ3) is 5.28. The number of aromatic nitrogens is 1. The van der Waals surface area contributed by atoms with Gasteiger partial charge in [-0.05, 0) is 32.9 Å². The van der Waals surface area contributed by atoms with E-state index >= 15 is 0 Å². The number of pyridine rings is 1. The zero-order valence-electron chi connectivity index (χ0n) is 11.0. The van der Waals surface area contributed by atoms with Gasteiger partial charge in [0.2, 0.25) is 0 Å². The van der Waals surface area contributed by atoms with E-state index in [1.54, 1.807) is 32.9 Å². The second-order valence-electron chi connectivity index (χ2n) is 5.12. The zero-order chi connectivity index (χ0) is 14.7. The minimum Gasteiger partial charge on any atom is -0.261 e. The smallest absolute Gasteiger partial charge is 0.261 e. The highest BCUT2D eigenvalue weighted by Crippen LogP contribution is 2.24. The van der Waals surface area contributed by atoms with Crippen LogP contribution in [0, 0.1) is 0 Å². The summed E-state index contributed by atoms with van der Waals surface area (Å²) in [6.45, 7) is 4.85. The molecule has 0 fully saturated rings. The predicted molar refractivity (Wildman–Crippen MR) is 68.8 cm³/mol. The Hall–Kier alpha value is -0.950. The van der Waals surface area contributed by atoms with E-state index in [0.29, 0.717) is 5.69 Å². The molecule has 1 heterocycles. The summed E-state index contributed by atoms with van der Waals surface area (Å²) in [5.41, 5.74) is 0.309. The summed E-state index contributed by atoms with van der Waals surface area (Å²) >= 11 is 0. The number of nitrogens with one attached hydrogen (secondary N) is 1. The third-order valence-corrected chi connectivity index (χ3v) is 3.95. The topological polar surface area (TPSA) is 42.0 Å². The largest absolute Gasteiger partial charge is 0.405 e. The van der Waals surface area contributed by atoms with Gasteiger partial charge >= 0.3 is 6.18 Å². The molecule has 0 saturated carbocycles. The van der Waals surface area contributed by atoms with E-state index in [1.165, 1.54) is 12.3 Å². The van der Waals surface area contributed by atoms with Crippen LogP contribution < -0.4 is 4.72 Å². The molecule has 0 spiro atoms. The van der Waals surface area contributed by atoms with Gasteiger partial charge in [-0.1, -0.05) is 6.07 Å². The Kier molecular flexibility index (Phi) is 5.09. The number of rotatable bonds is 4. The van der Waals surface area contributed by atoms with Gasteiger partial charge in [0.25, 0.3) is 0 Å². The summed E-state index contributed by atoms with van der Waals surface area (Å²) in [7, 11) is -1.79. The fourth-order valence-corrected chi connectivity index (χ4v) is 2.09. The van der Waals surface area contributed by atoms with E-state index in [-0.39, 0.29) is 6.42 Å². The predicted octanol–water partition coefficient (Wildman–Crippen LogP) is 2.61. The van der Waals surface area contributed by atoms with E-state index in [0.717, 1.165) is 0 Å². The minimum absolute atomic E-state index is 0.309. The lowest BCUT2D eigenvalue weighted by molar-refractivity contribution is -0.150.